The van der Waals surface area contributed by atoms with Crippen molar-refractivity contribution in [1.29, 1.82) is 0 Å². The maximum Gasteiger partial charge on any atom is 0.312 e. The molecule has 3 N–H and O–H groups in total. The monoisotopic (exact) mass is 289 g/mol. The van der Waals surface area contributed by atoms with Crippen LogP contribution in [0.15, 0.2) is 23.1 Å². The molecule has 8 nitrogen and oxygen atoms in total. The first-order valence-electron chi connectivity index (χ1n) is 5.35. The third-order valence-corrected chi connectivity index (χ3v) is 4.76. The molecular weight excluding hydrogens is 274 g/mol. The first-order valence-corrected chi connectivity index (χ1v) is 6.79. The molecule has 0 bridgehead atoms. The molecule has 0 aliphatic heterocycles. The van der Waals surface area contributed by atoms with Gasteiger partial charge in [-0.3, -0.25) is 10.1 Å². The fourth-order valence-electron chi connectivity index (χ4n) is 1.45. The summed E-state index contributed by atoms with van der Waals surface area (Å²) < 4.78 is 25.4. The highest BCUT2D eigenvalue weighted by molar-refractivity contribution is 7.89. The van der Waals surface area contributed by atoms with Crippen LogP contribution in [0.5, 0.6) is 0 Å². The maximum absolute atomic E-state index is 12.3. The van der Waals surface area contributed by atoms with Crippen molar-refractivity contribution in [2.24, 2.45) is 0 Å². The Kier molecular flexibility index (Phi) is 4.45. The van der Waals surface area contributed by atoms with Crippen molar-refractivity contribution in [1.82, 2.24) is 4.31 Å². The van der Waals surface area contributed by atoms with Crippen molar-refractivity contribution < 1.29 is 18.4 Å². The molecule has 1 aromatic carbocycles. The van der Waals surface area contributed by atoms with Crippen LogP contribution in [0.2, 0.25) is 0 Å². The van der Waals surface area contributed by atoms with Gasteiger partial charge in [0.1, 0.15) is 5.69 Å². The van der Waals surface area contributed by atoms with Gasteiger partial charge in [-0.05, 0) is 19.1 Å². The van der Waals surface area contributed by atoms with Crippen molar-refractivity contribution >= 4 is 21.4 Å². The third kappa shape index (κ3) is 2.83. The van der Waals surface area contributed by atoms with E-state index in [1.165, 1.54) is 26.1 Å². The summed E-state index contributed by atoms with van der Waals surface area (Å²) in [5, 5.41) is 19.9. The lowest BCUT2D eigenvalue weighted by Gasteiger charge is -2.22. The number of para-hydroxylation sites is 1. The molecule has 0 aliphatic rings. The Labute approximate surface area is 110 Å². The maximum atomic E-state index is 12.3. The summed E-state index contributed by atoms with van der Waals surface area (Å²) in [6.07, 6.45) is 0. The Balaban J connectivity index is 3.46. The number of hydrogen-bond donors (Lipinski definition) is 2. The summed E-state index contributed by atoms with van der Waals surface area (Å²) in [6.45, 7) is 1.08. The zero-order chi connectivity index (χ0) is 14.8. The Morgan fingerprint density at radius 1 is 1.53 bits per heavy atom. The van der Waals surface area contributed by atoms with Crippen molar-refractivity contribution in [3.05, 3.63) is 28.3 Å². The van der Waals surface area contributed by atoms with Crippen molar-refractivity contribution in [2.75, 3.05) is 19.4 Å². The highest BCUT2D eigenvalue weighted by Crippen LogP contribution is 2.31. The van der Waals surface area contributed by atoms with Gasteiger partial charge in [0.15, 0.2) is 4.90 Å². The number of anilines is 1. The minimum atomic E-state index is -4.10. The summed E-state index contributed by atoms with van der Waals surface area (Å²) in [4.78, 5) is 9.62. The molecule has 0 radical (unpaired) electrons. The molecule has 0 saturated heterocycles. The predicted molar refractivity (Wildman–Crippen MR) is 69.0 cm³/mol. The number of hydrogen-bond acceptors (Lipinski definition) is 6. The average Bonchev–Trinajstić information content (AvgIpc) is 2.35. The van der Waals surface area contributed by atoms with Crippen LogP contribution in [0, 0.1) is 10.1 Å². The van der Waals surface area contributed by atoms with Crippen LogP contribution in [0.1, 0.15) is 6.92 Å². The molecule has 9 heteroatoms. The lowest BCUT2D eigenvalue weighted by molar-refractivity contribution is -0.386. The van der Waals surface area contributed by atoms with Crippen LogP contribution in [0.4, 0.5) is 11.4 Å². The second-order valence-electron chi connectivity index (χ2n) is 4.00. The van der Waals surface area contributed by atoms with Gasteiger partial charge in [0.05, 0.1) is 11.5 Å². The number of nitrogen functional groups attached to an aromatic ring is 1. The molecule has 0 fully saturated rings. The summed E-state index contributed by atoms with van der Waals surface area (Å²) in [5.41, 5.74) is 4.57. The van der Waals surface area contributed by atoms with E-state index in [4.69, 9.17) is 10.8 Å². The molecule has 1 atom stereocenters. The number of nitro groups is 1. The normalized spacial score (nSPS) is 13.5. The van der Waals surface area contributed by atoms with Crippen molar-refractivity contribution in [3.8, 4) is 0 Å². The lowest BCUT2D eigenvalue weighted by atomic mass is 10.3. The number of benzene rings is 1. The second-order valence-corrected chi connectivity index (χ2v) is 5.97. The van der Waals surface area contributed by atoms with Crippen LogP contribution in [-0.4, -0.2) is 42.4 Å². The first-order chi connectivity index (χ1) is 8.73. The molecule has 0 aromatic heterocycles. The van der Waals surface area contributed by atoms with Crippen LogP contribution < -0.4 is 5.73 Å². The number of aliphatic hydroxyl groups is 1. The van der Waals surface area contributed by atoms with Gasteiger partial charge in [0.25, 0.3) is 0 Å². The van der Waals surface area contributed by atoms with Gasteiger partial charge >= 0.3 is 5.69 Å². The Hall–Kier alpha value is -1.71. The Morgan fingerprint density at radius 3 is 2.58 bits per heavy atom. The summed E-state index contributed by atoms with van der Waals surface area (Å²) in [5.74, 6) is 0. The molecule has 0 amide bonds. The predicted octanol–water partition coefficient (Wildman–Crippen LogP) is 0.178. The number of likely N-dealkylation sites (N-methyl/N-ethyl adjacent to an activating group) is 1. The van der Waals surface area contributed by atoms with Gasteiger partial charge in [-0.2, -0.15) is 4.31 Å². The summed E-state index contributed by atoms with van der Waals surface area (Å²) >= 11 is 0. The van der Waals surface area contributed by atoms with E-state index >= 15 is 0 Å². The lowest BCUT2D eigenvalue weighted by Crippen LogP contribution is -2.37. The van der Waals surface area contributed by atoms with Gasteiger partial charge in [0, 0.05) is 13.1 Å². The fourth-order valence-corrected chi connectivity index (χ4v) is 2.99. The van der Waals surface area contributed by atoms with E-state index in [2.05, 4.69) is 0 Å². The van der Waals surface area contributed by atoms with E-state index in [0.717, 1.165) is 10.4 Å². The zero-order valence-electron chi connectivity index (χ0n) is 10.5. The molecule has 1 rings (SSSR count). The zero-order valence-corrected chi connectivity index (χ0v) is 11.3. The van der Waals surface area contributed by atoms with E-state index in [1.54, 1.807) is 0 Å². The summed E-state index contributed by atoms with van der Waals surface area (Å²) in [7, 11) is -2.86. The Morgan fingerprint density at radius 2 is 2.11 bits per heavy atom. The number of sulfonamides is 1. The molecule has 1 aromatic rings. The molecule has 0 saturated carbocycles. The molecule has 0 aliphatic carbocycles. The quantitative estimate of drug-likeness (QED) is 0.452. The second kappa shape index (κ2) is 5.51. The average molecular weight is 289 g/mol. The van der Waals surface area contributed by atoms with Crippen molar-refractivity contribution in [2.45, 2.75) is 17.9 Å². The molecule has 0 spiro atoms. The standard InChI is InChI=1S/C10H15N3O5S/c1-7(6-14)12(2)19(17,18)9-5-3-4-8(11)10(9)13(15)16/h3-5,7,14H,6,11H2,1-2H3. The minimum absolute atomic E-state index is 0.226. The summed E-state index contributed by atoms with van der Waals surface area (Å²) in [6, 6.07) is 3.00. The molecule has 106 valence electrons. The van der Waals surface area contributed by atoms with E-state index in [9.17, 15) is 18.5 Å². The fraction of sp³-hybridized carbons (Fsp3) is 0.400. The number of rotatable bonds is 5. The molecular formula is C10H15N3O5S. The van der Waals surface area contributed by atoms with Crippen molar-refractivity contribution in [3.63, 3.8) is 0 Å². The van der Waals surface area contributed by atoms with E-state index < -0.39 is 38.2 Å². The van der Waals surface area contributed by atoms with Crippen LogP contribution >= 0.6 is 0 Å². The van der Waals surface area contributed by atoms with Gasteiger partial charge in [-0.1, -0.05) is 6.07 Å². The van der Waals surface area contributed by atoms with Crippen LogP contribution in [-0.2, 0) is 10.0 Å². The number of nitrogens with two attached hydrogens (primary N) is 1. The van der Waals surface area contributed by atoms with Gasteiger partial charge < -0.3 is 10.8 Å². The van der Waals surface area contributed by atoms with Gasteiger partial charge in [-0.15, -0.1) is 0 Å². The van der Waals surface area contributed by atoms with E-state index in [-0.39, 0.29) is 5.69 Å². The van der Waals surface area contributed by atoms with Crippen LogP contribution in [0.25, 0.3) is 0 Å². The number of nitrogens with zero attached hydrogens (tertiary/aromatic N) is 2. The smallest absolute Gasteiger partial charge is 0.312 e. The highest BCUT2D eigenvalue weighted by Gasteiger charge is 2.33. The van der Waals surface area contributed by atoms with Gasteiger partial charge in [-0.25, -0.2) is 8.42 Å². The van der Waals surface area contributed by atoms with Crippen LogP contribution in [0.3, 0.4) is 0 Å². The topological polar surface area (TPSA) is 127 Å². The van der Waals surface area contributed by atoms with E-state index in [1.807, 2.05) is 0 Å². The van der Waals surface area contributed by atoms with E-state index in [0.29, 0.717) is 0 Å². The highest BCUT2D eigenvalue weighted by atomic mass is 32.2. The largest absolute Gasteiger partial charge is 0.395 e. The minimum Gasteiger partial charge on any atom is -0.395 e. The number of aliphatic hydroxyl groups excluding tert-OH is 1. The first kappa shape index (κ1) is 15.3. The number of nitro benzene ring substituents is 1. The molecule has 0 heterocycles. The van der Waals surface area contributed by atoms with Gasteiger partial charge in [0.2, 0.25) is 10.0 Å². The molecule has 19 heavy (non-hydrogen) atoms. The SMILES string of the molecule is CC(CO)N(C)S(=O)(=O)c1cccc(N)c1[N+](=O)[O-]. The molecule has 1 unspecified atom stereocenters. The Bertz CT molecular complexity index is 587. The third-order valence-electron chi connectivity index (χ3n) is 2.75.